The lowest BCUT2D eigenvalue weighted by Gasteiger charge is -2.20. The van der Waals surface area contributed by atoms with Gasteiger partial charge in [-0.25, -0.2) is 0 Å². The average molecular weight is 498 g/mol. The largest absolute Gasteiger partial charge is 0.493 e. The van der Waals surface area contributed by atoms with E-state index in [9.17, 15) is 9.59 Å². The molecule has 2 amide bonds. The Bertz CT molecular complexity index is 1180. The predicted molar refractivity (Wildman–Crippen MR) is 137 cm³/mol. The van der Waals surface area contributed by atoms with Crippen LogP contribution in [0.4, 0.5) is 11.4 Å². The van der Waals surface area contributed by atoms with Crippen molar-refractivity contribution in [2.24, 2.45) is 0 Å². The van der Waals surface area contributed by atoms with Crippen molar-refractivity contribution < 1.29 is 19.1 Å². The highest BCUT2D eigenvalue weighted by Gasteiger charge is 2.25. The highest BCUT2D eigenvalue weighted by molar-refractivity contribution is 8.00. The molecule has 2 aromatic carbocycles. The van der Waals surface area contributed by atoms with E-state index in [4.69, 9.17) is 9.47 Å². The Morgan fingerprint density at radius 3 is 2.23 bits per heavy atom. The number of aromatic nitrogens is 3. The fourth-order valence-electron chi connectivity index (χ4n) is 3.42. The first-order chi connectivity index (χ1) is 16.7. The second kappa shape index (κ2) is 11.7. The summed E-state index contributed by atoms with van der Waals surface area (Å²) in [7, 11) is 1.60. The van der Waals surface area contributed by atoms with Crippen molar-refractivity contribution in [1.82, 2.24) is 14.8 Å². The van der Waals surface area contributed by atoms with Crippen molar-refractivity contribution in [1.29, 1.82) is 0 Å². The summed E-state index contributed by atoms with van der Waals surface area (Å²) in [6.07, 6.45) is -0.392. The maximum Gasteiger partial charge on any atom is 0.237 e. The van der Waals surface area contributed by atoms with Crippen molar-refractivity contribution in [2.45, 2.75) is 57.2 Å². The Morgan fingerprint density at radius 1 is 0.943 bits per heavy atom. The molecule has 0 aliphatic carbocycles. The first-order valence-electron chi connectivity index (χ1n) is 11.3. The number of amides is 2. The van der Waals surface area contributed by atoms with Gasteiger partial charge in [0.25, 0.3) is 0 Å². The summed E-state index contributed by atoms with van der Waals surface area (Å²) in [5.41, 5.74) is 1.21. The minimum absolute atomic E-state index is 0.0517. The minimum atomic E-state index is -0.445. The van der Waals surface area contributed by atoms with E-state index in [0.29, 0.717) is 33.9 Å². The smallest absolute Gasteiger partial charge is 0.237 e. The number of methoxy groups -OCH3 is 1. The summed E-state index contributed by atoms with van der Waals surface area (Å²) in [5, 5.41) is 14.5. The number of hydrogen-bond acceptors (Lipinski definition) is 7. The molecule has 2 unspecified atom stereocenters. The van der Waals surface area contributed by atoms with E-state index in [0.717, 1.165) is 0 Å². The summed E-state index contributed by atoms with van der Waals surface area (Å²) in [5.74, 6) is 1.55. The summed E-state index contributed by atoms with van der Waals surface area (Å²) in [6, 6.07) is 14.5. The first kappa shape index (κ1) is 26.1. The van der Waals surface area contributed by atoms with Crippen LogP contribution in [0.3, 0.4) is 0 Å². The van der Waals surface area contributed by atoms with Gasteiger partial charge in [0.1, 0.15) is 0 Å². The third-order valence-corrected chi connectivity index (χ3v) is 6.10. The maximum atomic E-state index is 12.9. The zero-order valence-corrected chi connectivity index (χ0v) is 21.6. The van der Waals surface area contributed by atoms with E-state index in [2.05, 4.69) is 20.8 Å². The number of benzene rings is 2. The van der Waals surface area contributed by atoms with Crippen molar-refractivity contribution in [3.8, 4) is 11.5 Å². The molecule has 0 saturated carbocycles. The second-order valence-electron chi connectivity index (χ2n) is 8.23. The number of anilines is 2. The predicted octanol–water partition coefficient (Wildman–Crippen LogP) is 5.09. The zero-order valence-electron chi connectivity index (χ0n) is 20.7. The molecule has 0 spiro atoms. The Morgan fingerprint density at radius 2 is 1.60 bits per heavy atom. The molecule has 0 aliphatic rings. The average Bonchev–Trinajstić information content (AvgIpc) is 3.23. The van der Waals surface area contributed by atoms with E-state index in [-0.39, 0.29) is 17.9 Å². The molecule has 0 radical (unpaired) electrons. The monoisotopic (exact) mass is 497 g/mol. The van der Waals surface area contributed by atoms with Crippen LogP contribution in [0.1, 0.15) is 52.6 Å². The molecule has 186 valence electrons. The van der Waals surface area contributed by atoms with Crippen molar-refractivity contribution in [3.05, 3.63) is 54.4 Å². The molecular weight excluding hydrogens is 466 g/mol. The van der Waals surface area contributed by atoms with E-state index < -0.39 is 11.4 Å². The first-order valence-corrected chi connectivity index (χ1v) is 12.2. The van der Waals surface area contributed by atoms with Crippen molar-refractivity contribution in [3.63, 3.8) is 0 Å². The van der Waals surface area contributed by atoms with Crippen LogP contribution in [-0.2, 0) is 9.59 Å². The zero-order chi connectivity index (χ0) is 25.5. The quantitative estimate of drug-likeness (QED) is 0.376. The Balaban J connectivity index is 1.73. The fourth-order valence-corrected chi connectivity index (χ4v) is 4.41. The summed E-state index contributed by atoms with van der Waals surface area (Å²) >= 11 is 1.32. The molecule has 2 atom stereocenters. The summed E-state index contributed by atoms with van der Waals surface area (Å²) < 4.78 is 13.5. The number of rotatable bonds is 10. The van der Waals surface area contributed by atoms with E-state index in [1.165, 1.54) is 18.7 Å². The van der Waals surface area contributed by atoms with Gasteiger partial charge >= 0.3 is 0 Å². The summed E-state index contributed by atoms with van der Waals surface area (Å²) in [4.78, 5) is 24.2. The lowest BCUT2D eigenvalue weighted by atomic mass is 10.2. The lowest BCUT2D eigenvalue weighted by molar-refractivity contribution is -0.115. The van der Waals surface area contributed by atoms with Gasteiger partial charge in [0.2, 0.25) is 11.8 Å². The van der Waals surface area contributed by atoms with Gasteiger partial charge in [-0.2, -0.15) is 0 Å². The molecule has 0 bridgehead atoms. The number of para-hydroxylation sites is 2. The van der Waals surface area contributed by atoms with Crippen LogP contribution in [0.5, 0.6) is 11.5 Å². The van der Waals surface area contributed by atoms with Crippen LogP contribution >= 0.6 is 11.8 Å². The lowest BCUT2D eigenvalue weighted by Crippen LogP contribution is -2.23. The number of nitrogens with zero attached hydrogens (tertiary/aromatic N) is 3. The van der Waals surface area contributed by atoms with Crippen LogP contribution in [0.2, 0.25) is 0 Å². The highest BCUT2D eigenvalue weighted by Crippen LogP contribution is 2.33. The number of ether oxygens (including phenoxy) is 2. The standard InChI is InChI=1S/C25H31N5O4S/c1-15(2)30-23(16(3)34-22-13-8-7-12-21(22)33-6)28-29-25(30)35-17(4)24(32)27-20-11-9-10-19(14-20)26-18(5)31/h7-17H,1-6H3,(H,26,31)(H,27,32). The van der Waals surface area contributed by atoms with Gasteiger partial charge in [-0.05, 0) is 58.0 Å². The topological polar surface area (TPSA) is 107 Å². The molecule has 1 aromatic heterocycles. The number of carbonyl (C=O) groups excluding carboxylic acids is 2. The third kappa shape index (κ3) is 6.75. The van der Waals surface area contributed by atoms with Crippen LogP contribution < -0.4 is 20.1 Å². The Labute approximate surface area is 209 Å². The molecule has 35 heavy (non-hydrogen) atoms. The molecular formula is C25H31N5O4S. The number of hydrogen-bond donors (Lipinski definition) is 2. The fraction of sp³-hybridized carbons (Fsp3) is 0.360. The van der Waals surface area contributed by atoms with Gasteiger partial charge in [0.05, 0.1) is 12.4 Å². The normalized spacial score (nSPS) is 12.7. The second-order valence-corrected chi connectivity index (χ2v) is 9.53. The number of nitrogens with one attached hydrogen (secondary N) is 2. The third-order valence-electron chi connectivity index (χ3n) is 5.05. The SMILES string of the molecule is COc1ccccc1OC(C)c1nnc(SC(C)C(=O)Nc2cccc(NC(C)=O)c2)n1C(C)C. The van der Waals surface area contributed by atoms with Gasteiger partial charge in [-0.15, -0.1) is 10.2 Å². The maximum absolute atomic E-state index is 12.9. The Kier molecular flexibility index (Phi) is 8.75. The van der Waals surface area contributed by atoms with Gasteiger partial charge in [0.15, 0.2) is 28.6 Å². The molecule has 3 aromatic rings. The van der Waals surface area contributed by atoms with E-state index >= 15 is 0 Å². The van der Waals surface area contributed by atoms with Crippen LogP contribution in [0, 0.1) is 0 Å². The van der Waals surface area contributed by atoms with Crippen molar-refractivity contribution >= 4 is 35.0 Å². The molecule has 3 rings (SSSR count). The molecule has 9 nitrogen and oxygen atoms in total. The van der Waals surface area contributed by atoms with E-state index in [1.54, 1.807) is 31.4 Å². The molecule has 2 N–H and O–H groups in total. The van der Waals surface area contributed by atoms with Crippen molar-refractivity contribution in [2.75, 3.05) is 17.7 Å². The molecule has 10 heteroatoms. The number of thioether (sulfide) groups is 1. The van der Waals surface area contributed by atoms with E-state index in [1.807, 2.05) is 56.5 Å². The van der Waals surface area contributed by atoms with Crippen LogP contribution in [0.15, 0.2) is 53.7 Å². The van der Waals surface area contributed by atoms with Crippen LogP contribution in [0.25, 0.3) is 0 Å². The Hall–Kier alpha value is -3.53. The number of carbonyl (C=O) groups is 2. The van der Waals surface area contributed by atoms with Gasteiger partial charge in [0, 0.05) is 24.3 Å². The van der Waals surface area contributed by atoms with Gasteiger partial charge in [-0.1, -0.05) is 30.0 Å². The summed E-state index contributed by atoms with van der Waals surface area (Å²) in [6.45, 7) is 9.22. The molecule has 1 heterocycles. The molecule has 0 fully saturated rings. The molecule has 0 aliphatic heterocycles. The van der Waals surface area contributed by atoms with Gasteiger partial charge in [-0.3, -0.25) is 9.59 Å². The van der Waals surface area contributed by atoms with Gasteiger partial charge < -0.3 is 24.7 Å². The van der Waals surface area contributed by atoms with Crippen LogP contribution in [-0.4, -0.2) is 38.9 Å². The minimum Gasteiger partial charge on any atom is -0.493 e. The molecule has 0 saturated heterocycles. The highest BCUT2D eigenvalue weighted by atomic mass is 32.2.